The third-order valence-corrected chi connectivity index (χ3v) is 4.15. The largest absolute Gasteiger partial charge is 0.366 e. The Bertz CT molecular complexity index is 826. The normalized spacial score (nSPS) is 10.9. The van der Waals surface area contributed by atoms with E-state index in [2.05, 4.69) is 10.6 Å². The van der Waals surface area contributed by atoms with Crippen LogP contribution in [-0.2, 0) is 0 Å². The van der Waals surface area contributed by atoms with Gasteiger partial charge in [0.25, 0.3) is 11.8 Å². The molecule has 0 unspecified atom stereocenters. The number of nitrogens with one attached hydrogen (secondary N) is 2. The number of hydrogen-bond donors (Lipinski definition) is 3. The molecule has 0 bridgehead atoms. The van der Waals surface area contributed by atoms with Gasteiger partial charge < -0.3 is 16.4 Å². The first-order valence-electron chi connectivity index (χ1n) is 8.35. The summed E-state index contributed by atoms with van der Waals surface area (Å²) >= 11 is 0. The molecule has 2 rings (SSSR count). The lowest BCUT2D eigenvalue weighted by atomic mass is 10.0. The lowest BCUT2D eigenvalue weighted by Gasteiger charge is -2.24. The first-order chi connectivity index (χ1) is 12.2. The van der Waals surface area contributed by atoms with Crippen molar-refractivity contribution in [3.05, 3.63) is 65.2 Å². The van der Waals surface area contributed by atoms with Crippen molar-refractivity contribution in [2.75, 3.05) is 5.32 Å². The summed E-state index contributed by atoms with van der Waals surface area (Å²) in [6, 6.07) is 12.8. The number of anilines is 1. The number of rotatable bonds is 6. The maximum Gasteiger partial charge on any atom is 0.255 e. The lowest BCUT2D eigenvalue weighted by molar-refractivity contribution is 0.0910. The van der Waals surface area contributed by atoms with E-state index in [9.17, 15) is 14.4 Å². The molecule has 3 amide bonds. The minimum Gasteiger partial charge on any atom is -0.366 e. The zero-order valence-corrected chi connectivity index (χ0v) is 15.1. The predicted octanol–water partition coefficient (Wildman–Crippen LogP) is 2.96. The van der Waals surface area contributed by atoms with Crippen LogP contribution in [0.5, 0.6) is 0 Å². The molecule has 26 heavy (non-hydrogen) atoms. The Kier molecular flexibility index (Phi) is 5.77. The number of carbonyl (C=O) groups excluding carboxylic acids is 3. The molecule has 6 nitrogen and oxygen atoms in total. The molecule has 0 aliphatic rings. The van der Waals surface area contributed by atoms with Crippen molar-refractivity contribution in [2.24, 2.45) is 5.73 Å². The molecule has 0 aromatic heterocycles. The molecule has 2 aromatic carbocycles. The van der Waals surface area contributed by atoms with E-state index in [0.29, 0.717) is 16.8 Å². The highest BCUT2D eigenvalue weighted by Crippen LogP contribution is 2.14. The zero-order valence-electron chi connectivity index (χ0n) is 15.1. The minimum atomic E-state index is -0.593. The number of benzene rings is 2. The van der Waals surface area contributed by atoms with Gasteiger partial charge in [-0.25, -0.2) is 0 Å². The molecule has 0 heterocycles. The molecule has 0 fully saturated rings. The lowest BCUT2D eigenvalue weighted by Crippen LogP contribution is -2.42. The third kappa shape index (κ3) is 4.92. The maximum atomic E-state index is 12.3. The molecule has 6 heteroatoms. The van der Waals surface area contributed by atoms with Crippen LogP contribution in [0.15, 0.2) is 48.5 Å². The van der Waals surface area contributed by atoms with Gasteiger partial charge in [-0.1, -0.05) is 13.0 Å². The van der Waals surface area contributed by atoms with Gasteiger partial charge in [0.05, 0.1) is 0 Å². The highest BCUT2D eigenvalue weighted by molar-refractivity contribution is 6.06. The van der Waals surface area contributed by atoms with Gasteiger partial charge in [-0.3, -0.25) is 14.4 Å². The van der Waals surface area contributed by atoms with Gasteiger partial charge in [-0.2, -0.15) is 0 Å². The first-order valence-corrected chi connectivity index (χ1v) is 8.35. The summed E-state index contributed by atoms with van der Waals surface area (Å²) in [6.07, 6.45) is 0.817. The summed E-state index contributed by atoms with van der Waals surface area (Å²) in [5, 5.41) is 5.68. The van der Waals surface area contributed by atoms with Gasteiger partial charge in [0.15, 0.2) is 0 Å². The smallest absolute Gasteiger partial charge is 0.255 e. The van der Waals surface area contributed by atoms with Crippen LogP contribution in [0.4, 0.5) is 5.69 Å². The fourth-order valence-corrected chi connectivity index (χ4v) is 2.19. The standard InChI is InChI=1S/C20H23N3O3/c1-4-20(2,3)23-19(26)13-8-10-16(11-9-13)22-18(25)15-7-5-6-14(12-15)17(21)24/h5-12H,4H2,1-3H3,(H2,21,24)(H,22,25)(H,23,26). The molecule has 0 radical (unpaired) electrons. The van der Waals surface area contributed by atoms with Crippen LogP contribution < -0.4 is 16.4 Å². The van der Waals surface area contributed by atoms with E-state index < -0.39 is 5.91 Å². The summed E-state index contributed by atoms with van der Waals surface area (Å²) in [5.41, 5.74) is 6.60. The zero-order chi connectivity index (χ0) is 19.3. The van der Waals surface area contributed by atoms with E-state index in [4.69, 9.17) is 5.73 Å². The van der Waals surface area contributed by atoms with E-state index >= 15 is 0 Å². The van der Waals surface area contributed by atoms with Crippen molar-refractivity contribution in [1.82, 2.24) is 5.32 Å². The van der Waals surface area contributed by atoms with Gasteiger partial charge in [0.2, 0.25) is 5.91 Å². The Hall–Kier alpha value is -3.15. The van der Waals surface area contributed by atoms with E-state index in [0.717, 1.165) is 6.42 Å². The molecular formula is C20H23N3O3. The van der Waals surface area contributed by atoms with Crippen LogP contribution in [-0.4, -0.2) is 23.3 Å². The van der Waals surface area contributed by atoms with Crippen molar-refractivity contribution in [3.8, 4) is 0 Å². The molecule has 2 aromatic rings. The summed E-state index contributed by atoms with van der Waals surface area (Å²) in [6.45, 7) is 5.92. The second-order valence-corrected chi connectivity index (χ2v) is 6.67. The molecule has 0 saturated carbocycles. The quantitative estimate of drug-likeness (QED) is 0.744. The van der Waals surface area contributed by atoms with Gasteiger partial charge in [-0.15, -0.1) is 0 Å². The topological polar surface area (TPSA) is 101 Å². The van der Waals surface area contributed by atoms with E-state index in [1.165, 1.54) is 6.07 Å². The highest BCUT2D eigenvalue weighted by atomic mass is 16.2. The summed E-state index contributed by atoms with van der Waals surface area (Å²) in [7, 11) is 0. The first kappa shape index (κ1) is 19.2. The minimum absolute atomic E-state index is 0.163. The summed E-state index contributed by atoms with van der Waals surface area (Å²) in [4.78, 5) is 35.7. The van der Waals surface area contributed by atoms with E-state index in [-0.39, 0.29) is 22.9 Å². The van der Waals surface area contributed by atoms with Crippen molar-refractivity contribution in [1.29, 1.82) is 0 Å². The van der Waals surface area contributed by atoms with Crippen molar-refractivity contribution in [2.45, 2.75) is 32.7 Å². The van der Waals surface area contributed by atoms with Crippen LogP contribution in [0.1, 0.15) is 58.3 Å². The Balaban J connectivity index is 2.07. The molecule has 136 valence electrons. The predicted molar refractivity (Wildman–Crippen MR) is 101 cm³/mol. The number of hydrogen-bond acceptors (Lipinski definition) is 3. The fraction of sp³-hybridized carbons (Fsp3) is 0.250. The molecule has 0 saturated heterocycles. The third-order valence-electron chi connectivity index (χ3n) is 4.15. The molecule has 0 atom stereocenters. The maximum absolute atomic E-state index is 12.3. The van der Waals surface area contributed by atoms with Crippen LogP contribution in [0.3, 0.4) is 0 Å². The number of nitrogens with two attached hydrogens (primary N) is 1. The number of amides is 3. The van der Waals surface area contributed by atoms with E-state index in [1.807, 2.05) is 20.8 Å². The Morgan fingerprint density at radius 1 is 0.923 bits per heavy atom. The SMILES string of the molecule is CCC(C)(C)NC(=O)c1ccc(NC(=O)c2cccc(C(N)=O)c2)cc1. The van der Waals surface area contributed by atoms with Crippen molar-refractivity contribution < 1.29 is 14.4 Å². The van der Waals surface area contributed by atoms with E-state index in [1.54, 1.807) is 42.5 Å². The summed E-state index contributed by atoms with van der Waals surface area (Å²) < 4.78 is 0. The van der Waals surface area contributed by atoms with Crippen molar-refractivity contribution >= 4 is 23.4 Å². The molecule has 0 aliphatic heterocycles. The number of carbonyl (C=O) groups is 3. The van der Waals surface area contributed by atoms with Crippen LogP contribution in [0.25, 0.3) is 0 Å². The average molecular weight is 353 g/mol. The molecule has 0 aliphatic carbocycles. The Morgan fingerprint density at radius 3 is 2.12 bits per heavy atom. The van der Waals surface area contributed by atoms with Gasteiger partial charge >= 0.3 is 0 Å². The molecule has 0 spiro atoms. The van der Waals surface area contributed by atoms with Crippen LogP contribution in [0.2, 0.25) is 0 Å². The second kappa shape index (κ2) is 7.82. The van der Waals surface area contributed by atoms with Crippen LogP contribution >= 0.6 is 0 Å². The van der Waals surface area contributed by atoms with Gasteiger partial charge in [0.1, 0.15) is 0 Å². The monoisotopic (exact) mass is 353 g/mol. The average Bonchev–Trinajstić information content (AvgIpc) is 2.62. The Labute approximate surface area is 152 Å². The van der Waals surface area contributed by atoms with Crippen molar-refractivity contribution in [3.63, 3.8) is 0 Å². The number of primary amides is 1. The van der Waals surface area contributed by atoms with Crippen LogP contribution in [0, 0.1) is 0 Å². The Morgan fingerprint density at radius 2 is 1.54 bits per heavy atom. The second-order valence-electron chi connectivity index (χ2n) is 6.67. The molecular weight excluding hydrogens is 330 g/mol. The highest BCUT2D eigenvalue weighted by Gasteiger charge is 2.18. The summed E-state index contributed by atoms with van der Waals surface area (Å²) in [5.74, 6) is -1.12. The fourth-order valence-electron chi connectivity index (χ4n) is 2.19. The molecule has 4 N–H and O–H groups in total. The van der Waals surface area contributed by atoms with Gasteiger partial charge in [-0.05, 0) is 62.7 Å². The van der Waals surface area contributed by atoms with Gasteiger partial charge in [0, 0.05) is 27.9 Å².